The second-order valence-electron chi connectivity index (χ2n) is 5.18. The summed E-state index contributed by atoms with van der Waals surface area (Å²) >= 11 is 0. The van der Waals surface area contributed by atoms with Crippen LogP contribution in [0.3, 0.4) is 0 Å². The summed E-state index contributed by atoms with van der Waals surface area (Å²) in [5.41, 5.74) is 6.18. The van der Waals surface area contributed by atoms with Crippen molar-refractivity contribution >= 4 is 5.91 Å². The van der Waals surface area contributed by atoms with Crippen molar-refractivity contribution in [3.63, 3.8) is 0 Å². The van der Waals surface area contributed by atoms with Crippen LogP contribution in [0, 0.1) is 23.6 Å². The van der Waals surface area contributed by atoms with E-state index >= 15 is 0 Å². The molecule has 0 heterocycles. The molecule has 2 rings (SSSR count). The first-order chi connectivity index (χ1) is 9.61. The van der Waals surface area contributed by atoms with Crippen molar-refractivity contribution in [2.45, 2.75) is 19.3 Å². The Morgan fingerprint density at radius 3 is 2.85 bits per heavy atom. The summed E-state index contributed by atoms with van der Waals surface area (Å²) in [7, 11) is 1.76. The van der Waals surface area contributed by atoms with E-state index in [1.54, 1.807) is 11.9 Å². The maximum absolute atomic E-state index is 13.4. The van der Waals surface area contributed by atoms with Gasteiger partial charge in [-0.3, -0.25) is 4.79 Å². The van der Waals surface area contributed by atoms with E-state index < -0.39 is 5.82 Å². The highest BCUT2D eigenvalue weighted by molar-refractivity contribution is 5.96. The molecule has 106 valence electrons. The van der Waals surface area contributed by atoms with Crippen molar-refractivity contribution in [3.8, 4) is 11.8 Å². The zero-order valence-electron chi connectivity index (χ0n) is 11.7. The summed E-state index contributed by atoms with van der Waals surface area (Å²) in [6.07, 6.45) is 3.57. The Hall–Kier alpha value is -1.86. The summed E-state index contributed by atoms with van der Waals surface area (Å²) in [5.74, 6) is 5.50. The molecular formula is C16H19FN2O. The van der Waals surface area contributed by atoms with Crippen LogP contribution in [0.5, 0.6) is 0 Å². The Morgan fingerprint density at radius 1 is 1.50 bits per heavy atom. The third-order valence-corrected chi connectivity index (χ3v) is 3.64. The van der Waals surface area contributed by atoms with Gasteiger partial charge in [-0.25, -0.2) is 4.39 Å². The second-order valence-corrected chi connectivity index (χ2v) is 5.18. The van der Waals surface area contributed by atoms with Crippen molar-refractivity contribution in [2.75, 3.05) is 20.1 Å². The van der Waals surface area contributed by atoms with Crippen LogP contribution in [0.25, 0.3) is 0 Å². The highest BCUT2D eigenvalue weighted by Crippen LogP contribution is 2.27. The Balaban J connectivity index is 2.20. The van der Waals surface area contributed by atoms with E-state index in [0.717, 1.165) is 6.54 Å². The Bertz CT molecular complexity index is 555. The van der Waals surface area contributed by atoms with Crippen LogP contribution in [0.1, 0.15) is 35.2 Å². The van der Waals surface area contributed by atoms with E-state index in [1.165, 1.54) is 37.5 Å². The minimum absolute atomic E-state index is 0.183. The number of nitrogens with zero attached hydrogens (tertiary/aromatic N) is 1. The van der Waals surface area contributed by atoms with Crippen LogP contribution < -0.4 is 5.73 Å². The van der Waals surface area contributed by atoms with Gasteiger partial charge in [0.25, 0.3) is 5.91 Å². The minimum atomic E-state index is -0.427. The van der Waals surface area contributed by atoms with Gasteiger partial charge in [-0.2, -0.15) is 0 Å². The van der Waals surface area contributed by atoms with Gasteiger partial charge in [-0.15, -0.1) is 0 Å². The lowest BCUT2D eigenvalue weighted by Gasteiger charge is -2.30. The molecule has 2 N–H and O–H groups in total. The fourth-order valence-corrected chi connectivity index (χ4v) is 2.30. The number of rotatable bonds is 3. The molecule has 0 saturated heterocycles. The van der Waals surface area contributed by atoms with Crippen molar-refractivity contribution in [1.29, 1.82) is 0 Å². The maximum atomic E-state index is 13.4. The number of amides is 1. The zero-order chi connectivity index (χ0) is 14.5. The van der Waals surface area contributed by atoms with Gasteiger partial charge in [-0.05, 0) is 37.0 Å². The molecule has 1 aliphatic rings. The lowest BCUT2D eigenvalue weighted by Crippen LogP contribution is -2.34. The number of carbonyl (C=O) groups is 1. The largest absolute Gasteiger partial charge is 0.341 e. The average molecular weight is 274 g/mol. The number of nitrogens with two attached hydrogens (primary N) is 1. The fourth-order valence-electron chi connectivity index (χ4n) is 2.30. The van der Waals surface area contributed by atoms with E-state index in [9.17, 15) is 9.18 Å². The van der Waals surface area contributed by atoms with Crippen LogP contribution in [0.4, 0.5) is 4.39 Å². The first-order valence-electron chi connectivity index (χ1n) is 6.85. The van der Waals surface area contributed by atoms with E-state index in [0.29, 0.717) is 17.0 Å². The highest BCUT2D eigenvalue weighted by atomic mass is 19.1. The lowest BCUT2D eigenvalue weighted by atomic mass is 9.85. The molecule has 1 saturated carbocycles. The molecule has 1 fully saturated rings. The van der Waals surface area contributed by atoms with Gasteiger partial charge in [0.15, 0.2) is 0 Å². The van der Waals surface area contributed by atoms with Gasteiger partial charge in [0.1, 0.15) is 5.82 Å². The first-order valence-corrected chi connectivity index (χ1v) is 6.85. The van der Waals surface area contributed by atoms with Gasteiger partial charge in [-0.1, -0.05) is 18.3 Å². The topological polar surface area (TPSA) is 46.3 Å². The molecule has 0 atom stereocenters. The third-order valence-electron chi connectivity index (χ3n) is 3.64. The summed E-state index contributed by atoms with van der Waals surface area (Å²) in [5, 5.41) is 0. The average Bonchev–Trinajstić information content (AvgIpc) is 2.40. The minimum Gasteiger partial charge on any atom is -0.341 e. The monoisotopic (exact) mass is 274 g/mol. The van der Waals surface area contributed by atoms with Gasteiger partial charge in [0.2, 0.25) is 0 Å². The van der Waals surface area contributed by atoms with E-state index in [-0.39, 0.29) is 12.5 Å². The summed E-state index contributed by atoms with van der Waals surface area (Å²) in [6, 6.07) is 4.09. The van der Waals surface area contributed by atoms with Gasteiger partial charge in [0.05, 0.1) is 12.1 Å². The second kappa shape index (κ2) is 6.53. The molecule has 4 heteroatoms. The quantitative estimate of drug-likeness (QED) is 0.857. The van der Waals surface area contributed by atoms with Gasteiger partial charge >= 0.3 is 0 Å². The number of halogens is 1. The van der Waals surface area contributed by atoms with Crippen LogP contribution in [-0.4, -0.2) is 30.9 Å². The molecule has 0 unspecified atom stereocenters. The maximum Gasteiger partial charge on any atom is 0.254 e. The van der Waals surface area contributed by atoms with Gasteiger partial charge in [0, 0.05) is 19.2 Å². The number of hydrogen-bond acceptors (Lipinski definition) is 2. The molecule has 1 aromatic carbocycles. The number of carbonyl (C=O) groups excluding carboxylic acids is 1. The number of benzene rings is 1. The SMILES string of the molecule is CN(CC1CCC1)C(=O)c1cc(F)ccc1C#CCN. The normalized spacial score (nSPS) is 14.2. The smallest absolute Gasteiger partial charge is 0.254 e. The van der Waals surface area contributed by atoms with Crippen molar-refractivity contribution in [1.82, 2.24) is 4.90 Å². The van der Waals surface area contributed by atoms with Crippen LogP contribution in [-0.2, 0) is 0 Å². The molecule has 0 radical (unpaired) electrons. The van der Waals surface area contributed by atoms with Crippen LogP contribution in [0.2, 0.25) is 0 Å². The molecule has 3 nitrogen and oxygen atoms in total. The molecule has 1 amide bonds. The predicted molar refractivity (Wildman–Crippen MR) is 76.6 cm³/mol. The summed E-state index contributed by atoms with van der Waals surface area (Å²) < 4.78 is 13.4. The van der Waals surface area contributed by atoms with Crippen molar-refractivity contribution < 1.29 is 9.18 Å². The van der Waals surface area contributed by atoms with Crippen molar-refractivity contribution in [2.24, 2.45) is 11.7 Å². The molecule has 0 bridgehead atoms. The summed E-state index contributed by atoms with van der Waals surface area (Å²) in [6.45, 7) is 0.933. The molecule has 20 heavy (non-hydrogen) atoms. The fraction of sp³-hybridized carbons (Fsp3) is 0.438. The van der Waals surface area contributed by atoms with Gasteiger partial charge < -0.3 is 10.6 Å². The Kier molecular flexibility index (Phi) is 4.75. The van der Waals surface area contributed by atoms with Crippen molar-refractivity contribution in [3.05, 3.63) is 35.1 Å². The lowest BCUT2D eigenvalue weighted by molar-refractivity contribution is 0.0744. The predicted octanol–water partition coefficient (Wildman–Crippen LogP) is 2.01. The molecule has 1 aliphatic carbocycles. The van der Waals surface area contributed by atoms with E-state index in [2.05, 4.69) is 11.8 Å². The molecule has 0 aliphatic heterocycles. The standard InChI is InChI=1S/C16H19FN2O/c1-19(11-12-4-2-5-12)16(20)15-10-14(17)8-7-13(15)6-3-9-18/h7-8,10,12H,2,4-5,9,11,18H2,1H3. The molecule has 0 aromatic heterocycles. The highest BCUT2D eigenvalue weighted by Gasteiger charge is 2.23. The molecule has 1 aromatic rings. The van der Waals surface area contributed by atoms with Crippen LogP contribution >= 0.6 is 0 Å². The number of hydrogen-bond donors (Lipinski definition) is 1. The van der Waals surface area contributed by atoms with E-state index in [4.69, 9.17) is 5.73 Å². The Labute approximate surface area is 119 Å². The van der Waals surface area contributed by atoms with E-state index in [1.807, 2.05) is 0 Å². The van der Waals surface area contributed by atoms with Crippen LogP contribution in [0.15, 0.2) is 18.2 Å². The molecular weight excluding hydrogens is 255 g/mol. The summed E-state index contributed by atoms with van der Waals surface area (Å²) in [4.78, 5) is 14.1. The molecule has 0 spiro atoms. The Morgan fingerprint density at radius 2 is 2.25 bits per heavy atom. The zero-order valence-corrected chi connectivity index (χ0v) is 11.7. The third kappa shape index (κ3) is 3.37. The first kappa shape index (κ1) is 14.5.